The van der Waals surface area contributed by atoms with Crippen LogP contribution in [0.25, 0.3) is 0 Å². The topological polar surface area (TPSA) is 40.5 Å². The van der Waals surface area contributed by atoms with E-state index in [-0.39, 0.29) is 23.8 Å². The number of hydrogen-bond donors (Lipinski definition) is 1. The number of likely N-dealkylation sites (tertiary alicyclic amines) is 1. The molecule has 1 saturated carbocycles. The van der Waals surface area contributed by atoms with Gasteiger partial charge in [-0.05, 0) is 18.4 Å². The van der Waals surface area contributed by atoms with Crippen molar-refractivity contribution in [1.82, 2.24) is 4.90 Å². The Balaban J connectivity index is 1.80. The molecule has 1 unspecified atom stereocenters. The summed E-state index contributed by atoms with van der Waals surface area (Å²) in [6.07, 6.45) is 5.36. The van der Waals surface area contributed by atoms with E-state index in [9.17, 15) is 9.90 Å². The highest BCUT2D eigenvalue weighted by Crippen LogP contribution is 2.42. The van der Waals surface area contributed by atoms with Crippen molar-refractivity contribution in [3.05, 3.63) is 35.9 Å². The molecule has 3 nitrogen and oxygen atoms in total. The zero-order valence-electron chi connectivity index (χ0n) is 11.9. The van der Waals surface area contributed by atoms with Crippen LogP contribution in [-0.4, -0.2) is 35.6 Å². The van der Waals surface area contributed by atoms with Crippen LogP contribution < -0.4 is 0 Å². The molecular weight excluding hydrogens is 250 g/mol. The second-order valence-corrected chi connectivity index (χ2v) is 6.38. The minimum Gasteiger partial charge on any atom is -0.396 e. The van der Waals surface area contributed by atoms with Gasteiger partial charge in [-0.3, -0.25) is 4.79 Å². The Morgan fingerprint density at radius 2 is 1.90 bits per heavy atom. The van der Waals surface area contributed by atoms with Gasteiger partial charge in [-0.2, -0.15) is 0 Å². The smallest absolute Gasteiger partial charge is 0.223 e. The summed E-state index contributed by atoms with van der Waals surface area (Å²) in [5, 5.41) is 9.26. The number of rotatable bonds is 4. The Morgan fingerprint density at radius 1 is 1.20 bits per heavy atom. The van der Waals surface area contributed by atoms with Crippen LogP contribution in [0, 0.1) is 5.92 Å². The molecule has 1 aromatic rings. The molecular formula is C17H23NO2. The first-order chi connectivity index (χ1) is 9.73. The molecule has 20 heavy (non-hydrogen) atoms. The molecule has 1 heterocycles. The van der Waals surface area contributed by atoms with Crippen molar-refractivity contribution < 1.29 is 9.90 Å². The van der Waals surface area contributed by atoms with Gasteiger partial charge in [0.05, 0.1) is 0 Å². The zero-order valence-corrected chi connectivity index (χ0v) is 11.9. The van der Waals surface area contributed by atoms with E-state index < -0.39 is 0 Å². The molecule has 3 heteroatoms. The van der Waals surface area contributed by atoms with Crippen molar-refractivity contribution in [2.45, 2.75) is 37.5 Å². The fourth-order valence-corrected chi connectivity index (χ4v) is 3.88. The van der Waals surface area contributed by atoms with Gasteiger partial charge < -0.3 is 10.0 Å². The standard InChI is InChI=1S/C17H23NO2/c19-12-14-10-16(20)18(11-14)13-17(8-4-5-9-17)15-6-2-1-3-7-15/h1-3,6-7,14,19H,4-5,8-13H2. The molecule has 1 aromatic carbocycles. The molecule has 0 bridgehead atoms. The number of benzene rings is 1. The summed E-state index contributed by atoms with van der Waals surface area (Å²) < 4.78 is 0. The maximum atomic E-state index is 12.1. The number of hydrogen-bond acceptors (Lipinski definition) is 2. The molecule has 108 valence electrons. The van der Waals surface area contributed by atoms with E-state index in [0.29, 0.717) is 6.42 Å². The van der Waals surface area contributed by atoms with Crippen molar-refractivity contribution in [2.75, 3.05) is 19.7 Å². The molecule has 1 saturated heterocycles. The maximum Gasteiger partial charge on any atom is 0.223 e. The molecule has 2 fully saturated rings. The lowest BCUT2D eigenvalue weighted by Gasteiger charge is -2.34. The van der Waals surface area contributed by atoms with Gasteiger partial charge in [0, 0.05) is 37.5 Å². The SMILES string of the molecule is O=C1CC(CO)CN1CC1(c2ccccc2)CCCC1. The second-order valence-electron chi connectivity index (χ2n) is 6.38. The lowest BCUT2D eigenvalue weighted by molar-refractivity contribution is -0.128. The van der Waals surface area contributed by atoms with E-state index in [0.717, 1.165) is 13.1 Å². The zero-order chi connectivity index (χ0) is 14.0. The lowest BCUT2D eigenvalue weighted by Crippen LogP contribution is -2.40. The normalized spacial score (nSPS) is 25.4. The molecule has 1 atom stereocenters. The van der Waals surface area contributed by atoms with E-state index in [1.165, 1.54) is 31.2 Å². The number of amides is 1. The minimum atomic E-state index is 0.126. The Kier molecular flexibility index (Phi) is 3.79. The van der Waals surface area contributed by atoms with Crippen LogP contribution in [0.1, 0.15) is 37.7 Å². The molecule has 1 N–H and O–H groups in total. The Hall–Kier alpha value is -1.35. The molecule has 3 rings (SSSR count). The van der Waals surface area contributed by atoms with Gasteiger partial charge >= 0.3 is 0 Å². The van der Waals surface area contributed by atoms with Crippen LogP contribution in [-0.2, 0) is 10.2 Å². The number of carbonyl (C=O) groups excluding carboxylic acids is 1. The van der Waals surface area contributed by atoms with Crippen molar-refractivity contribution in [2.24, 2.45) is 5.92 Å². The van der Waals surface area contributed by atoms with Crippen LogP contribution in [0.2, 0.25) is 0 Å². The third-order valence-corrected chi connectivity index (χ3v) is 4.99. The highest BCUT2D eigenvalue weighted by molar-refractivity contribution is 5.78. The predicted molar refractivity (Wildman–Crippen MR) is 78.4 cm³/mol. The molecule has 0 aromatic heterocycles. The summed E-state index contributed by atoms with van der Waals surface area (Å²) in [4.78, 5) is 14.1. The van der Waals surface area contributed by atoms with Crippen molar-refractivity contribution >= 4 is 5.91 Å². The van der Waals surface area contributed by atoms with Crippen molar-refractivity contribution in [3.63, 3.8) is 0 Å². The summed E-state index contributed by atoms with van der Waals surface area (Å²) in [6, 6.07) is 10.6. The fourth-order valence-electron chi connectivity index (χ4n) is 3.88. The lowest BCUT2D eigenvalue weighted by atomic mass is 9.78. The molecule has 0 radical (unpaired) electrons. The van der Waals surface area contributed by atoms with Crippen LogP contribution >= 0.6 is 0 Å². The van der Waals surface area contributed by atoms with Gasteiger partial charge in [-0.15, -0.1) is 0 Å². The van der Waals surface area contributed by atoms with Crippen molar-refractivity contribution in [3.8, 4) is 0 Å². The Bertz CT molecular complexity index is 465. The maximum absolute atomic E-state index is 12.1. The Morgan fingerprint density at radius 3 is 2.50 bits per heavy atom. The predicted octanol–water partition coefficient (Wildman–Crippen LogP) is 2.34. The summed E-state index contributed by atoms with van der Waals surface area (Å²) in [5.74, 6) is 0.350. The molecule has 1 amide bonds. The molecule has 0 spiro atoms. The van der Waals surface area contributed by atoms with Crippen molar-refractivity contribution in [1.29, 1.82) is 0 Å². The van der Waals surface area contributed by atoms with Crippen LogP contribution in [0.5, 0.6) is 0 Å². The van der Waals surface area contributed by atoms with E-state index in [1.807, 2.05) is 4.90 Å². The Labute approximate surface area is 120 Å². The summed E-state index contributed by atoms with van der Waals surface area (Å²) in [5.41, 5.74) is 1.51. The van der Waals surface area contributed by atoms with E-state index in [2.05, 4.69) is 30.3 Å². The average Bonchev–Trinajstić information content (AvgIpc) is 3.09. The average molecular weight is 273 g/mol. The number of aliphatic hydroxyl groups is 1. The first-order valence-corrected chi connectivity index (χ1v) is 7.68. The van der Waals surface area contributed by atoms with Gasteiger partial charge in [-0.25, -0.2) is 0 Å². The highest BCUT2D eigenvalue weighted by atomic mass is 16.3. The van der Waals surface area contributed by atoms with E-state index in [4.69, 9.17) is 0 Å². The van der Waals surface area contributed by atoms with Gasteiger partial charge in [0.2, 0.25) is 5.91 Å². The van der Waals surface area contributed by atoms with Gasteiger partial charge in [0.15, 0.2) is 0 Å². The van der Waals surface area contributed by atoms with E-state index in [1.54, 1.807) is 0 Å². The quantitative estimate of drug-likeness (QED) is 0.914. The molecule has 1 aliphatic heterocycles. The monoisotopic (exact) mass is 273 g/mol. The van der Waals surface area contributed by atoms with E-state index >= 15 is 0 Å². The van der Waals surface area contributed by atoms with Gasteiger partial charge in [0.1, 0.15) is 0 Å². The third-order valence-electron chi connectivity index (χ3n) is 4.99. The van der Waals surface area contributed by atoms with Crippen LogP contribution in [0.3, 0.4) is 0 Å². The summed E-state index contributed by atoms with van der Waals surface area (Å²) in [6.45, 7) is 1.68. The van der Waals surface area contributed by atoms with Crippen LogP contribution in [0.15, 0.2) is 30.3 Å². The fraction of sp³-hybridized carbons (Fsp3) is 0.588. The molecule has 1 aliphatic carbocycles. The van der Waals surface area contributed by atoms with Crippen LogP contribution in [0.4, 0.5) is 0 Å². The number of carbonyl (C=O) groups is 1. The number of nitrogens with zero attached hydrogens (tertiary/aromatic N) is 1. The number of aliphatic hydroxyl groups excluding tert-OH is 1. The van der Waals surface area contributed by atoms with Gasteiger partial charge in [0.25, 0.3) is 0 Å². The largest absolute Gasteiger partial charge is 0.396 e. The summed E-state index contributed by atoms with van der Waals surface area (Å²) in [7, 11) is 0. The molecule has 2 aliphatic rings. The first kappa shape index (κ1) is 13.6. The highest BCUT2D eigenvalue weighted by Gasteiger charge is 2.40. The second kappa shape index (κ2) is 5.57. The summed E-state index contributed by atoms with van der Waals surface area (Å²) >= 11 is 0. The third kappa shape index (κ3) is 2.47. The van der Waals surface area contributed by atoms with Gasteiger partial charge in [-0.1, -0.05) is 43.2 Å². The first-order valence-electron chi connectivity index (χ1n) is 7.68. The minimum absolute atomic E-state index is 0.126.